The molecule has 1 aromatic carbocycles. The Morgan fingerprint density at radius 2 is 2.15 bits per heavy atom. The Labute approximate surface area is 154 Å². The fraction of sp³-hybridized carbons (Fsp3) is 0.556. The van der Waals surface area contributed by atoms with Crippen LogP contribution in [0.2, 0.25) is 0 Å². The third-order valence-electron chi connectivity index (χ3n) is 4.64. The van der Waals surface area contributed by atoms with Crippen molar-refractivity contribution in [1.82, 2.24) is 10.4 Å². The van der Waals surface area contributed by atoms with Crippen LogP contribution in [0.5, 0.6) is 0 Å². The number of nitrogens with one attached hydrogen (secondary N) is 1. The summed E-state index contributed by atoms with van der Waals surface area (Å²) in [6.45, 7) is 0.738. The molecule has 0 saturated carbocycles. The van der Waals surface area contributed by atoms with Crippen LogP contribution in [0.3, 0.4) is 0 Å². The zero-order valence-electron chi connectivity index (χ0n) is 14.6. The van der Waals surface area contributed by atoms with Gasteiger partial charge in [0.1, 0.15) is 0 Å². The molecule has 0 aliphatic carbocycles. The maximum Gasteiger partial charge on any atom is 0.416 e. The van der Waals surface area contributed by atoms with Gasteiger partial charge in [-0.25, -0.2) is 10.3 Å². The van der Waals surface area contributed by atoms with Crippen molar-refractivity contribution in [3.63, 3.8) is 0 Å². The van der Waals surface area contributed by atoms with Crippen LogP contribution in [0, 0.1) is 5.92 Å². The molecule has 2 aliphatic heterocycles. The summed E-state index contributed by atoms with van der Waals surface area (Å²) in [5.41, 5.74) is 1.94. The summed E-state index contributed by atoms with van der Waals surface area (Å²) in [7, 11) is 0. The molecule has 0 aromatic heterocycles. The molecule has 2 saturated heterocycles. The van der Waals surface area contributed by atoms with E-state index < -0.39 is 29.9 Å². The third-order valence-corrected chi connectivity index (χ3v) is 4.64. The van der Waals surface area contributed by atoms with Crippen molar-refractivity contribution in [2.45, 2.75) is 44.7 Å². The highest BCUT2D eigenvalue weighted by molar-refractivity contribution is 5.88. The topological polar surface area (TPSA) is 67.9 Å². The van der Waals surface area contributed by atoms with Crippen LogP contribution in [-0.2, 0) is 31.9 Å². The number of hydrogen-bond acceptors (Lipinski definition) is 4. The number of carbonyl (C=O) groups is 2. The highest BCUT2D eigenvalue weighted by atomic mass is 19.4. The van der Waals surface area contributed by atoms with Crippen molar-refractivity contribution in [3.8, 4) is 0 Å². The summed E-state index contributed by atoms with van der Waals surface area (Å²) in [5, 5.41) is 0. The number of rotatable bonds is 5. The van der Waals surface area contributed by atoms with Gasteiger partial charge in [-0.05, 0) is 30.5 Å². The largest absolute Gasteiger partial charge is 0.416 e. The predicted molar refractivity (Wildman–Crippen MR) is 87.8 cm³/mol. The first kappa shape index (κ1) is 19.6. The normalized spacial score (nSPS) is 23.5. The second kappa shape index (κ2) is 8.26. The lowest BCUT2D eigenvalue weighted by molar-refractivity contribution is -0.202. The Morgan fingerprint density at radius 1 is 1.33 bits per heavy atom. The van der Waals surface area contributed by atoms with Crippen molar-refractivity contribution >= 4 is 11.8 Å². The average Bonchev–Trinajstić information content (AvgIpc) is 3.01. The van der Waals surface area contributed by atoms with E-state index in [0.29, 0.717) is 18.6 Å². The van der Waals surface area contributed by atoms with Gasteiger partial charge in [0.2, 0.25) is 11.8 Å². The molecule has 0 radical (unpaired) electrons. The monoisotopic (exact) mass is 386 g/mol. The standard InChI is InChI=1S/C18H21F3N2O4/c19-18(20,21)14-5-3-4-12(8-14)10-23-11-13(9-15(23)24)17(25)22-27-16-6-1-2-7-26-16/h3-5,8,13,16H,1-2,6-7,9-11H2,(H,22,25)/t13-,16-/m0/s1. The van der Waals surface area contributed by atoms with Crippen molar-refractivity contribution in [3.05, 3.63) is 35.4 Å². The lowest BCUT2D eigenvalue weighted by Crippen LogP contribution is -2.37. The summed E-state index contributed by atoms with van der Waals surface area (Å²) in [5.74, 6) is -1.31. The molecular formula is C18H21F3N2O4. The quantitative estimate of drug-likeness (QED) is 0.790. The molecule has 0 unspecified atom stereocenters. The van der Waals surface area contributed by atoms with Gasteiger partial charge in [-0.2, -0.15) is 13.2 Å². The molecule has 1 N–H and O–H groups in total. The number of carbonyl (C=O) groups excluding carboxylic acids is 2. The van der Waals surface area contributed by atoms with Gasteiger partial charge in [0.25, 0.3) is 0 Å². The summed E-state index contributed by atoms with van der Waals surface area (Å²) < 4.78 is 43.8. The van der Waals surface area contributed by atoms with Crippen LogP contribution in [0.15, 0.2) is 24.3 Å². The van der Waals surface area contributed by atoms with Crippen molar-refractivity contribution in [1.29, 1.82) is 0 Å². The number of nitrogens with zero attached hydrogens (tertiary/aromatic N) is 1. The molecule has 0 bridgehead atoms. The molecule has 6 nitrogen and oxygen atoms in total. The van der Waals surface area contributed by atoms with Gasteiger partial charge in [-0.3, -0.25) is 9.59 Å². The van der Waals surface area contributed by atoms with Gasteiger partial charge < -0.3 is 9.64 Å². The molecule has 3 rings (SSSR count). The molecule has 2 amide bonds. The van der Waals surface area contributed by atoms with E-state index >= 15 is 0 Å². The molecule has 1 aromatic rings. The number of halogens is 3. The van der Waals surface area contributed by atoms with Crippen molar-refractivity contribution in [2.24, 2.45) is 5.92 Å². The number of amides is 2. The van der Waals surface area contributed by atoms with Crippen LogP contribution in [0.25, 0.3) is 0 Å². The molecule has 2 fully saturated rings. The van der Waals surface area contributed by atoms with E-state index in [1.807, 2.05) is 0 Å². The van der Waals surface area contributed by atoms with Crippen molar-refractivity contribution < 1.29 is 32.3 Å². The fourth-order valence-corrected chi connectivity index (χ4v) is 3.18. The van der Waals surface area contributed by atoms with Gasteiger partial charge in [-0.1, -0.05) is 12.1 Å². The molecule has 148 valence electrons. The zero-order valence-corrected chi connectivity index (χ0v) is 14.6. The predicted octanol–water partition coefficient (Wildman–Crippen LogP) is 2.63. The van der Waals surface area contributed by atoms with E-state index in [0.717, 1.165) is 25.0 Å². The molecule has 27 heavy (non-hydrogen) atoms. The van der Waals surface area contributed by atoms with Gasteiger partial charge in [-0.15, -0.1) is 0 Å². The second-order valence-electron chi connectivity index (χ2n) is 6.75. The Kier molecular flexibility index (Phi) is 6.01. The van der Waals surface area contributed by atoms with E-state index in [4.69, 9.17) is 9.57 Å². The summed E-state index contributed by atoms with van der Waals surface area (Å²) >= 11 is 0. The van der Waals surface area contributed by atoms with Crippen LogP contribution in [0.1, 0.15) is 36.8 Å². The number of likely N-dealkylation sites (tertiary alicyclic amines) is 1. The highest BCUT2D eigenvalue weighted by Gasteiger charge is 2.35. The smallest absolute Gasteiger partial charge is 0.350 e. The number of hydrogen-bond donors (Lipinski definition) is 1. The van der Waals surface area contributed by atoms with E-state index in [2.05, 4.69) is 5.48 Å². The Morgan fingerprint density at radius 3 is 2.85 bits per heavy atom. The van der Waals surface area contributed by atoms with E-state index in [9.17, 15) is 22.8 Å². The zero-order chi connectivity index (χ0) is 19.4. The first-order valence-corrected chi connectivity index (χ1v) is 8.84. The van der Waals surface area contributed by atoms with Crippen LogP contribution in [-0.4, -0.2) is 36.2 Å². The van der Waals surface area contributed by atoms with Crippen molar-refractivity contribution in [2.75, 3.05) is 13.2 Å². The first-order valence-electron chi connectivity index (χ1n) is 8.84. The molecule has 9 heteroatoms. The number of hydroxylamine groups is 1. The maximum absolute atomic E-state index is 12.8. The molecular weight excluding hydrogens is 365 g/mol. The minimum atomic E-state index is -4.44. The van der Waals surface area contributed by atoms with E-state index in [1.54, 1.807) is 0 Å². The third kappa shape index (κ3) is 5.20. The van der Waals surface area contributed by atoms with Gasteiger partial charge >= 0.3 is 6.18 Å². The minimum Gasteiger partial charge on any atom is -0.350 e. The second-order valence-corrected chi connectivity index (χ2v) is 6.75. The van der Waals surface area contributed by atoms with Crippen LogP contribution in [0.4, 0.5) is 13.2 Å². The first-order chi connectivity index (χ1) is 12.8. The minimum absolute atomic E-state index is 0.000319. The molecule has 2 atom stereocenters. The summed E-state index contributed by atoms with van der Waals surface area (Å²) in [4.78, 5) is 30.9. The van der Waals surface area contributed by atoms with E-state index in [-0.39, 0.29) is 25.4 Å². The highest BCUT2D eigenvalue weighted by Crippen LogP contribution is 2.30. The van der Waals surface area contributed by atoms with Gasteiger partial charge in [0.15, 0.2) is 6.29 Å². The SMILES string of the molecule is O=C(NO[C@H]1CCCCO1)[C@H]1CC(=O)N(Cc2cccc(C(F)(F)F)c2)C1. The number of benzene rings is 1. The average molecular weight is 386 g/mol. The fourth-order valence-electron chi connectivity index (χ4n) is 3.18. The number of alkyl halides is 3. The Hall–Kier alpha value is -2.13. The lowest BCUT2D eigenvalue weighted by Gasteiger charge is -2.23. The van der Waals surface area contributed by atoms with Gasteiger partial charge in [0, 0.05) is 32.5 Å². The molecule has 0 spiro atoms. The molecule has 2 aliphatic rings. The summed E-state index contributed by atoms with van der Waals surface area (Å²) in [6.07, 6.45) is -2.33. The van der Waals surface area contributed by atoms with E-state index in [1.165, 1.54) is 17.0 Å². The number of ether oxygens (including phenoxy) is 1. The van der Waals surface area contributed by atoms with Crippen LogP contribution < -0.4 is 5.48 Å². The van der Waals surface area contributed by atoms with Gasteiger partial charge in [0.05, 0.1) is 11.5 Å². The maximum atomic E-state index is 12.8. The molecule has 2 heterocycles. The van der Waals surface area contributed by atoms with Crippen LogP contribution >= 0.6 is 0 Å². The Balaban J connectivity index is 1.53. The lowest BCUT2D eigenvalue weighted by atomic mass is 10.1. The Bertz CT molecular complexity index is 689. The summed E-state index contributed by atoms with van der Waals surface area (Å²) in [6, 6.07) is 4.83.